The maximum absolute atomic E-state index is 6.21. The molecule has 0 saturated heterocycles. The average molecular weight is 258 g/mol. The van der Waals surface area contributed by atoms with Crippen molar-refractivity contribution in [1.82, 2.24) is 0 Å². The number of hydrogen-bond acceptors (Lipinski definition) is 4. The Morgan fingerprint density at radius 1 is 1.35 bits per heavy atom. The minimum absolute atomic E-state index is 0.276. The summed E-state index contributed by atoms with van der Waals surface area (Å²) in [5.41, 5.74) is 1.89. The van der Waals surface area contributed by atoms with Crippen LogP contribution in [-0.4, -0.2) is 13.2 Å². The molecule has 1 aromatic carbocycles. The SMILES string of the molecule is CCc1c(CON)c(Cl)cc2c1OCCCO2. The zero-order chi connectivity index (χ0) is 12.3. The van der Waals surface area contributed by atoms with Crippen LogP contribution in [0, 0.1) is 0 Å². The number of fused-ring (bicyclic) bond motifs is 1. The largest absolute Gasteiger partial charge is 0.489 e. The smallest absolute Gasteiger partial charge is 0.164 e. The summed E-state index contributed by atoms with van der Waals surface area (Å²) >= 11 is 6.21. The third-order valence-corrected chi connectivity index (χ3v) is 3.12. The van der Waals surface area contributed by atoms with E-state index in [0.29, 0.717) is 24.0 Å². The summed E-state index contributed by atoms with van der Waals surface area (Å²) in [6.07, 6.45) is 1.67. The molecule has 0 spiro atoms. The van der Waals surface area contributed by atoms with Gasteiger partial charge in [0, 0.05) is 23.6 Å². The van der Waals surface area contributed by atoms with Crippen molar-refractivity contribution in [3.63, 3.8) is 0 Å². The molecule has 1 heterocycles. The van der Waals surface area contributed by atoms with Crippen LogP contribution in [-0.2, 0) is 17.9 Å². The fourth-order valence-corrected chi connectivity index (χ4v) is 2.26. The molecule has 0 radical (unpaired) electrons. The molecule has 0 saturated carbocycles. The lowest BCUT2D eigenvalue weighted by Gasteiger charge is -2.16. The summed E-state index contributed by atoms with van der Waals surface area (Å²) in [5, 5.41) is 0.608. The van der Waals surface area contributed by atoms with Crippen LogP contribution in [0.3, 0.4) is 0 Å². The van der Waals surface area contributed by atoms with E-state index in [4.69, 9.17) is 31.8 Å². The lowest BCUT2D eigenvalue weighted by Crippen LogP contribution is -2.06. The van der Waals surface area contributed by atoms with Crippen LogP contribution in [0.15, 0.2) is 6.07 Å². The van der Waals surface area contributed by atoms with Gasteiger partial charge in [0.25, 0.3) is 0 Å². The van der Waals surface area contributed by atoms with Gasteiger partial charge in [-0.05, 0) is 6.42 Å². The highest BCUT2D eigenvalue weighted by Crippen LogP contribution is 2.40. The van der Waals surface area contributed by atoms with Gasteiger partial charge in [-0.25, -0.2) is 5.90 Å². The van der Waals surface area contributed by atoms with E-state index in [0.717, 1.165) is 29.7 Å². The van der Waals surface area contributed by atoms with Gasteiger partial charge in [0.05, 0.1) is 24.8 Å². The Morgan fingerprint density at radius 3 is 2.82 bits per heavy atom. The van der Waals surface area contributed by atoms with Crippen molar-refractivity contribution < 1.29 is 14.3 Å². The molecule has 0 fully saturated rings. The second-order valence-electron chi connectivity index (χ2n) is 3.86. The van der Waals surface area contributed by atoms with Crippen molar-refractivity contribution in [3.05, 3.63) is 22.2 Å². The third-order valence-electron chi connectivity index (χ3n) is 2.78. The fourth-order valence-electron chi connectivity index (χ4n) is 1.99. The summed E-state index contributed by atoms with van der Waals surface area (Å²) in [6.45, 7) is 3.63. The number of halogens is 1. The van der Waals surface area contributed by atoms with Gasteiger partial charge in [0.2, 0.25) is 0 Å². The molecule has 1 aliphatic heterocycles. The number of ether oxygens (including phenoxy) is 2. The lowest BCUT2D eigenvalue weighted by molar-refractivity contribution is 0.123. The molecule has 94 valence electrons. The molecular formula is C12H16ClNO3. The van der Waals surface area contributed by atoms with Crippen molar-refractivity contribution in [2.24, 2.45) is 5.90 Å². The highest BCUT2D eigenvalue weighted by molar-refractivity contribution is 6.31. The van der Waals surface area contributed by atoms with E-state index in [1.807, 2.05) is 6.92 Å². The van der Waals surface area contributed by atoms with Gasteiger partial charge in [-0.1, -0.05) is 18.5 Å². The molecule has 1 aromatic rings. The fraction of sp³-hybridized carbons (Fsp3) is 0.500. The molecular weight excluding hydrogens is 242 g/mol. The molecule has 5 heteroatoms. The molecule has 0 unspecified atom stereocenters. The van der Waals surface area contributed by atoms with Gasteiger partial charge in [0.1, 0.15) is 0 Å². The Hall–Kier alpha value is -0.970. The topological polar surface area (TPSA) is 53.7 Å². The van der Waals surface area contributed by atoms with E-state index in [9.17, 15) is 0 Å². The van der Waals surface area contributed by atoms with E-state index in [-0.39, 0.29) is 6.61 Å². The Labute approximate surface area is 106 Å². The van der Waals surface area contributed by atoms with E-state index >= 15 is 0 Å². The minimum atomic E-state index is 0.276. The van der Waals surface area contributed by atoms with Gasteiger partial charge >= 0.3 is 0 Å². The predicted octanol–water partition coefficient (Wildman–Crippen LogP) is 2.45. The molecule has 2 N–H and O–H groups in total. The first-order chi connectivity index (χ1) is 8.27. The number of rotatable bonds is 3. The summed E-state index contributed by atoms with van der Waals surface area (Å²) in [6, 6.07) is 1.77. The Kier molecular flexibility index (Phi) is 4.10. The van der Waals surface area contributed by atoms with Crippen LogP contribution < -0.4 is 15.4 Å². The molecule has 4 nitrogen and oxygen atoms in total. The molecule has 2 rings (SSSR count). The first-order valence-electron chi connectivity index (χ1n) is 5.69. The molecule has 17 heavy (non-hydrogen) atoms. The number of benzene rings is 1. The van der Waals surface area contributed by atoms with E-state index < -0.39 is 0 Å². The maximum Gasteiger partial charge on any atom is 0.164 e. The van der Waals surface area contributed by atoms with Crippen LogP contribution in [0.4, 0.5) is 0 Å². The van der Waals surface area contributed by atoms with Crippen LogP contribution in [0.25, 0.3) is 0 Å². The van der Waals surface area contributed by atoms with Gasteiger partial charge < -0.3 is 9.47 Å². The first kappa shape index (κ1) is 12.5. The number of hydrogen-bond donors (Lipinski definition) is 1. The van der Waals surface area contributed by atoms with Crippen molar-refractivity contribution in [2.75, 3.05) is 13.2 Å². The van der Waals surface area contributed by atoms with Crippen molar-refractivity contribution >= 4 is 11.6 Å². The summed E-state index contributed by atoms with van der Waals surface area (Å²) in [4.78, 5) is 4.69. The summed E-state index contributed by atoms with van der Waals surface area (Å²) < 4.78 is 11.4. The molecule has 0 amide bonds. The van der Waals surface area contributed by atoms with Gasteiger partial charge in [-0.15, -0.1) is 0 Å². The van der Waals surface area contributed by atoms with E-state index in [2.05, 4.69) is 0 Å². The van der Waals surface area contributed by atoms with Gasteiger partial charge in [-0.2, -0.15) is 0 Å². The van der Waals surface area contributed by atoms with Crippen LogP contribution >= 0.6 is 11.6 Å². The van der Waals surface area contributed by atoms with Crippen molar-refractivity contribution in [1.29, 1.82) is 0 Å². The Morgan fingerprint density at radius 2 is 2.12 bits per heavy atom. The normalized spacial score (nSPS) is 14.5. The molecule has 0 atom stereocenters. The van der Waals surface area contributed by atoms with Crippen LogP contribution in [0.1, 0.15) is 24.5 Å². The molecule has 0 bridgehead atoms. The maximum atomic E-state index is 6.21. The number of nitrogens with two attached hydrogens (primary N) is 1. The monoisotopic (exact) mass is 257 g/mol. The quantitative estimate of drug-likeness (QED) is 0.845. The minimum Gasteiger partial charge on any atom is -0.489 e. The Balaban J connectivity index is 2.51. The summed E-state index contributed by atoms with van der Waals surface area (Å²) in [7, 11) is 0. The highest BCUT2D eigenvalue weighted by atomic mass is 35.5. The second-order valence-corrected chi connectivity index (χ2v) is 4.26. The lowest BCUT2D eigenvalue weighted by atomic mass is 10.0. The standard InChI is InChI=1S/C12H16ClNO3/c1-2-8-9(7-17-14)10(13)6-11-12(8)16-5-3-4-15-11/h6H,2-5,7,14H2,1H3. The zero-order valence-corrected chi connectivity index (χ0v) is 10.5. The first-order valence-corrected chi connectivity index (χ1v) is 6.07. The van der Waals surface area contributed by atoms with Crippen LogP contribution in [0.5, 0.6) is 11.5 Å². The zero-order valence-electron chi connectivity index (χ0n) is 9.79. The average Bonchev–Trinajstić information content (AvgIpc) is 2.55. The van der Waals surface area contributed by atoms with Crippen molar-refractivity contribution in [2.45, 2.75) is 26.4 Å². The Bertz CT molecular complexity index is 409. The highest BCUT2D eigenvalue weighted by Gasteiger charge is 2.20. The van der Waals surface area contributed by atoms with Gasteiger partial charge in [-0.3, -0.25) is 4.84 Å². The summed E-state index contributed by atoms with van der Waals surface area (Å²) in [5.74, 6) is 6.62. The molecule has 0 aromatic heterocycles. The predicted molar refractivity (Wildman–Crippen MR) is 65.4 cm³/mol. The van der Waals surface area contributed by atoms with Gasteiger partial charge in [0.15, 0.2) is 11.5 Å². The molecule has 1 aliphatic rings. The van der Waals surface area contributed by atoms with E-state index in [1.165, 1.54) is 0 Å². The molecule has 0 aliphatic carbocycles. The van der Waals surface area contributed by atoms with E-state index in [1.54, 1.807) is 6.07 Å². The second kappa shape index (κ2) is 5.58. The van der Waals surface area contributed by atoms with Crippen molar-refractivity contribution in [3.8, 4) is 11.5 Å². The van der Waals surface area contributed by atoms with Crippen LogP contribution in [0.2, 0.25) is 5.02 Å². The third kappa shape index (κ3) is 2.49.